The first-order valence-electron chi connectivity index (χ1n) is 6.39. The Morgan fingerprint density at radius 3 is 2.53 bits per heavy atom. The Morgan fingerprint density at radius 2 is 1.89 bits per heavy atom. The first-order valence-corrected chi connectivity index (χ1v) is 6.39. The lowest BCUT2D eigenvalue weighted by atomic mass is 10.1. The minimum Gasteiger partial charge on any atom is -0.493 e. The van der Waals surface area contributed by atoms with E-state index in [4.69, 9.17) is 9.47 Å². The second-order valence-electron chi connectivity index (χ2n) is 4.07. The molecule has 0 fully saturated rings. The summed E-state index contributed by atoms with van der Waals surface area (Å²) in [5, 5.41) is 6.01. The predicted octanol–water partition coefficient (Wildman–Crippen LogP) is 0.972. The third-order valence-electron chi connectivity index (χ3n) is 2.69. The number of methoxy groups -OCH3 is 2. The van der Waals surface area contributed by atoms with Gasteiger partial charge in [-0.3, -0.25) is 4.79 Å². The number of carbonyl (C=O) groups excluding carboxylic acids is 1. The molecule has 0 aliphatic rings. The van der Waals surface area contributed by atoms with Gasteiger partial charge in [-0.1, -0.05) is 13.0 Å². The quantitative estimate of drug-likeness (QED) is 0.688. The summed E-state index contributed by atoms with van der Waals surface area (Å²) in [4.78, 5) is 11.7. The Hall–Kier alpha value is -1.75. The number of ether oxygens (including phenoxy) is 2. The number of rotatable bonds is 8. The van der Waals surface area contributed by atoms with E-state index in [9.17, 15) is 4.79 Å². The summed E-state index contributed by atoms with van der Waals surface area (Å²) in [6.45, 7) is 4.37. The van der Waals surface area contributed by atoms with Crippen molar-refractivity contribution < 1.29 is 14.3 Å². The van der Waals surface area contributed by atoms with Crippen molar-refractivity contribution in [3.8, 4) is 11.5 Å². The third kappa shape index (κ3) is 5.18. The van der Waals surface area contributed by atoms with Crippen LogP contribution in [-0.2, 0) is 11.2 Å². The van der Waals surface area contributed by atoms with Crippen LogP contribution in [0.1, 0.15) is 12.5 Å². The average Bonchev–Trinajstić information content (AvgIpc) is 2.43. The number of nitrogens with one attached hydrogen (secondary N) is 2. The molecule has 19 heavy (non-hydrogen) atoms. The maximum absolute atomic E-state index is 11.7. The van der Waals surface area contributed by atoms with Crippen LogP contribution < -0.4 is 20.1 Å². The molecule has 0 heterocycles. The van der Waals surface area contributed by atoms with E-state index in [1.165, 1.54) is 0 Å². The Kier molecular flexibility index (Phi) is 6.74. The minimum absolute atomic E-state index is 0.00474. The molecule has 0 aromatic heterocycles. The van der Waals surface area contributed by atoms with Crippen LogP contribution in [0.25, 0.3) is 0 Å². The van der Waals surface area contributed by atoms with Gasteiger partial charge in [0.25, 0.3) is 0 Å². The molecule has 0 saturated heterocycles. The maximum atomic E-state index is 11.7. The van der Waals surface area contributed by atoms with E-state index in [0.29, 0.717) is 24.5 Å². The van der Waals surface area contributed by atoms with Crippen molar-refractivity contribution >= 4 is 5.91 Å². The summed E-state index contributed by atoms with van der Waals surface area (Å²) >= 11 is 0. The normalized spacial score (nSPS) is 10.1. The lowest BCUT2D eigenvalue weighted by molar-refractivity contribution is -0.120. The summed E-state index contributed by atoms with van der Waals surface area (Å²) in [5.41, 5.74) is 0.901. The molecule has 1 rings (SSSR count). The van der Waals surface area contributed by atoms with Crippen LogP contribution in [0.5, 0.6) is 11.5 Å². The Balaban J connectivity index is 2.50. The Bertz CT molecular complexity index is 408. The van der Waals surface area contributed by atoms with Gasteiger partial charge in [-0.15, -0.1) is 0 Å². The molecule has 1 amide bonds. The van der Waals surface area contributed by atoms with Gasteiger partial charge in [0.15, 0.2) is 11.5 Å². The molecular formula is C14H22N2O3. The lowest BCUT2D eigenvalue weighted by Crippen LogP contribution is -2.32. The van der Waals surface area contributed by atoms with E-state index in [1.807, 2.05) is 19.1 Å². The highest BCUT2D eigenvalue weighted by Gasteiger charge is 2.07. The molecule has 5 heteroatoms. The third-order valence-corrected chi connectivity index (χ3v) is 2.69. The standard InChI is InChI=1S/C14H22N2O3/c1-4-15-7-8-16-14(17)10-11-5-6-12(18-2)13(9-11)19-3/h5-6,9,15H,4,7-8,10H2,1-3H3,(H,16,17). The molecule has 1 aromatic carbocycles. The topological polar surface area (TPSA) is 59.6 Å². The van der Waals surface area contributed by atoms with Gasteiger partial charge in [0.2, 0.25) is 5.91 Å². The summed E-state index contributed by atoms with van der Waals surface area (Å²) in [5.74, 6) is 1.31. The monoisotopic (exact) mass is 266 g/mol. The van der Waals surface area contributed by atoms with Crippen LogP contribution in [0.15, 0.2) is 18.2 Å². The van der Waals surface area contributed by atoms with E-state index in [-0.39, 0.29) is 5.91 Å². The van der Waals surface area contributed by atoms with E-state index in [0.717, 1.165) is 18.7 Å². The number of likely N-dealkylation sites (N-methyl/N-ethyl adjacent to an activating group) is 1. The van der Waals surface area contributed by atoms with Crippen molar-refractivity contribution in [2.24, 2.45) is 0 Å². The largest absolute Gasteiger partial charge is 0.493 e. The molecule has 0 aliphatic heterocycles. The van der Waals surface area contributed by atoms with Crippen LogP contribution in [0.2, 0.25) is 0 Å². The van der Waals surface area contributed by atoms with Crippen molar-refractivity contribution in [2.75, 3.05) is 33.9 Å². The number of hydrogen-bond acceptors (Lipinski definition) is 4. The number of benzene rings is 1. The summed E-state index contributed by atoms with van der Waals surface area (Å²) in [6, 6.07) is 5.49. The SMILES string of the molecule is CCNCCNC(=O)Cc1ccc(OC)c(OC)c1. The molecule has 0 unspecified atom stereocenters. The molecule has 5 nitrogen and oxygen atoms in total. The minimum atomic E-state index is 0.00474. The lowest BCUT2D eigenvalue weighted by Gasteiger charge is -2.10. The molecule has 0 saturated carbocycles. The molecule has 0 radical (unpaired) electrons. The van der Waals surface area contributed by atoms with E-state index < -0.39 is 0 Å². The van der Waals surface area contributed by atoms with Gasteiger partial charge in [0, 0.05) is 13.1 Å². The van der Waals surface area contributed by atoms with Crippen molar-refractivity contribution in [3.05, 3.63) is 23.8 Å². The van der Waals surface area contributed by atoms with Gasteiger partial charge < -0.3 is 20.1 Å². The highest BCUT2D eigenvalue weighted by atomic mass is 16.5. The fraction of sp³-hybridized carbons (Fsp3) is 0.500. The first-order chi connectivity index (χ1) is 9.21. The van der Waals surface area contributed by atoms with E-state index >= 15 is 0 Å². The van der Waals surface area contributed by atoms with Crippen molar-refractivity contribution in [2.45, 2.75) is 13.3 Å². The predicted molar refractivity (Wildman–Crippen MR) is 74.8 cm³/mol. The van der Waals surface area contributed by atoms with E-state index in [2.05, 4.69) is 10.6 Å². The van der Waals surface area contributed by atoms with Crippen molar-refractivity contribution in [1.82, 2.24) is 10.6 Å². The Morgan fingerprint density at radius 1 is 1.16 bits per heavy atom. The van der Waals surface area contributed by atoms with Crippen LogP contribution in [0.4, 0.5) is 0 Å². The first kappa shape index (κ1) is 15.3. The van der Waals surface area contributed by atoms with Gasteiger partial charge in [0.05, 0.1) is 20.6 Å². The highest BCUT2D eigenvalue weighted by Crippen LogP contribution is 2.27. The smallest absolute Gasteiger partial charge is 0.224 e. The average molecular weight is 266 g/mol. The zero-order chi connectivity index (χ0) is 14.1. The fourth-order valence-electron chi connectivity index (χ4n) is 1.71. The van der Waals surface area contributed by atoms with Gasteiger partial charge in [0.1, 0.15) is 0 Å². The molecule has 0 bridgehead atoms. The Labute approximate surface area is 114 Å². The van der Waals surface area contributed by atoms with Crippen LogP contribution >= 0.6 is 0 Å². The fourth-order valence-corrected chi connectivity index (χ4v) is 1.71. The molecule has 0 atom stereocenters. The van der Waals surface area contributed by atoms with Crippen molar-refractivity contribution in [1.29, 1.82) is 0 Å². The molecule has 1 aromatic rings. The number of hydrogen-bond donors (Lipinski definition) is 2. The highest BCUT2D eigenvalue weighted by molar-refractivity contribution is 5.78. The zero-order valence-electron chi connectivity index (χ0n) is 11.8. The number of carbonyl (C=O) groups is 1. The number of amides is 1. The second kappa shape index (κ2) is 8.37. The van der Waals surface area contributed by atoms with Gasteiger partial charge in [-0.25, -0.2) is 0 Å². The van der Waals surface area contributed by atoms with Gasteiger partial charge in [-0.05, 0) is 24.2 Å². The summed E-state index contributed by atoms with van der Waals surface area (Å²) < 4.78 is 10.4. The molecule has 0 aliphatic carbocycles. The summed E-state index contributed by atoms with van der Waals surface area (Å²) in [6.07, 6.45) is 0.340. The van der Waals surface area contributed by atoms with Crippen molar-refractivity contribution in [3.63, 3.8) is 0 Å². The van der Waals surface area contributed by atoms with Gasteiger partial charge in [-0.2, -0.15) is 0 Å². The summed E-state index contributed by atoms with van der Waals surface area (Å²) in [7, 11) is 3.17. The van der Waals surface area contributed by atoms with Crippen LogP contribution in [-0.4, -0.2) is 39.8 Å². The zero-order valence-corrected chi connectivity index (χ0v) is 11.8. The molecule has 0 spiro atoms. The van der Waals surface area contributed by atoms with Gasteiger partial charge >= 0.3 is 0 Å². The molecule has 2 N–H and O–H groups in total. The molecule has 106 valence electrons. The van der Waals surface area contributed by atoms with E-state index in [1.54, 1.807) is 20.3 Å². The molecular weight excluding hydrogens is 244 g/mol. The van der Waals surface area contributed by atoms with Crippen LogP contribution in [0, 0.1) is 0 Å². The van der Waals surface area contributed by atoms with Crippen LogP contribution in [0.3, 0.4) is 0 Å². The second-order valence-corrected chi connectivity index (χ2v) is 4.07. The maximum Gasteiger partial charge on any atom is 0.224 e.